The third-order valence-corrected chi connectivity index (χ3v) is 5.33. The van der Waals surface area contributed by atoms with Gasteiger partial charge in [0.2, 0.25) is 0 Å². The number of rotatable bonds is 1. The van der Waals surface area contributed by atoms with E-state index in [1.807, 2.05) is 24.6 Å². The van der Waals surface area contributed by atoms with Crippen LogP contribution in [0.1, 0.15) is 0 Å². The first-order valence-electron chi connectivity index (χ1n) is 3.19. The Labute approximate surface area is 72.4 Å². The molecule has 0 aliphatic carbocycles. The SMILES string of the molecule is C#CC1=CP(=S)(N(C)C)OC1. The van der Waals surface area contributed by atoms with Crippen molar-refractivity contribution in [3.8, 4) is 12.3 Å². The summed E-state index contributed by atoms with van der Waals surface area (Å²) in [5.74, 6) is 4.45. The first-order valence-corrected chi connectivity index (χ1v) is 5.93. The molecule has 0 aromatic rings. The quantitative estimate of drug-likeness (QED) is 0.455. The normalized spacial score (nSPS) is 30.2. The highest BCUT2D eigenvalue weighted by molar-refractivity contribution is 8.12. The lowest BCUT2D eigenvalue weighted by Gasteiger charge is -2.20. The standard InChI is InChI=1S/C7H10NOPS/c1-4-7-5-9-10(11,6-7)8(2)3/h1,6H,5H2,2-3H3. The zero-order chi connectivity index (χ0) is 8.48. The zero-order valence-electron chi connectivity index (χ0n) is 6.57. The lowest BCUT2D eigenvalue weighted by molar-refractivity contribution is 0.381. The average molecular weight is 187 g/mol. The second-order valence-electron chi connectivity index (χ2n) is 2.48. The molecule has 4 heteroatoms. The van der Waals surface area contributed by atoms with E-state index in [-0.39, 0.29) is 0 Å². The van der Waals surface area contributed by atoms with Crippen molar-refractivity contribution >= 4 is 18.2 Å². The van der Waals surface area contributed by atoms with Gasteiger partial charge in [0.05, 0.1) is 6.61 Å². The van der Waals surface area contributed by atoms with Crippen molar-refractivity contribution in [2.24, 2.45) is 0 Å². The maximum absolute atomic E-state index is 5.42. The van der Waals surface area contributed by atoms with Gasteiger partial charge in [-0.3, -0.25) is 4.67 Å². The molecule has 0 saturated heterocycles. The van der Waals surface area contributed by atoms with E-state index < -0.39 is 6.42 Å². The lowest BCUT2D eigenvalue weighted by Crippen LogP contribution is -2.05. The van der Waals surface area contributed by atoms with Crippen molar-refractivity contribution in [2.75, 3.05) is 20.7 Å². The molecule has 11 heavy (non-hydrogen) atoms. The topological polar surface area (TPSA) is 12.5 Å². The molecule has 1 heterocycles. The van der Waals surface area contributed by atoms with Gasteiger partial charge in [0.1, 0.15) is 0 Å². The van der Waals surface area contributed by atoms with Crippen LogP contribution in [0.15, 0.2) is 11.4 Å². The molecule has 2 nitrogen and oxygen atoms in total. The molecule has 0 amide bonds. The monoisotopic (exact) mass is 187 g/mol. The zero-order valence-corrected chi connectivity index (χ0v) is 8.28. The fourth-order valence-corrected chi connectivity index (χ4v) is 2.69. The van der Waals surface area contributed by atoms with E-state index in [2.05, 4.69) is 5.92 Å². The Morgan fingerprint density at radius 3 is 2.73 bits per heavy atom. The summed E-state index contributed by atoms with van der Waals surface area (Å²) in [6, 6.07) is 0. The Morgan fingerprint density at radius 1 is 1.82 bits per heavy atom. The Balaban J connectivity index is 2.90. The molecule has 60 valence electrons. The summed E-state index contributed by atoms with van der Waals surface area (Å²) in [4.78, 5) is 0. The molecule has 0 radical (unpaired) electrons. The molecule has 1 aliphatic heterocycles. The van der Waals surface area contributed by atoms with Crippen molar-refractivity contribution in [2.45, 2.75) is 0 Å². The van der Waals surface area contributed by atoms with Gasteiger partial charge >= 0.3 is 0 Å². The molecule has 0 N–H and O–H groups in total. The van der Waals surface area contributed by atoms with Crippen LogP contribution < -0.4 is 0 Å². The number of hydrogen-bond donors (Lipinski definition) is 0. The molecule has 1 unspecified atom stereocenters. The largest absolute Gasteiger partial charge is 0.329 e. The van der Waals surface area contributed by atoms with E-state index >= 15 is 0 Å². The summed E-state index contributed by atoms with van der Waals surface area (Å²) in [6.07, 6.45) is 3.36. The molecule has 1 atom stereocenters. The second-order valence-corrected chi connectivity index (χ2v) is 6.50. The first kappa shape index (κ1) is 8.96. The maximum Gasteiger partial charge on any atom is 0.155 e. The van der Waals surface area contributed by atoms with Crippen LogP contribution in [0.3, 0.4) is 0 Å². The average Bonchev–Trinajstić information content (AvgIpc) is 2.33. The highest BCUT2D eigenvalue weighted by Gasteiger charge is 2.24. The van der Waals surface area contributed by atoms with Gasteiger partial charge in [-0.2, -0.15) is 0 Å². The molecule has 1 rings (SSSR count). The van der Waals surface area contributed by atoms with Gasteiger partial charge in [-0.25, -0.2) is 0 Å². The third kappa shape index (κ3) is 1.72. The molecule has 0 spiro atoms. The summed E-state index contributed by atoms with van der Waals surface area (Å²) < 4.78 is 7.35. The second kappa shape index (κ2) is 3.08. The van der Waals surface area contributed by atoms with Gasteiger partial charge in [-0.15, -0.1) is 6.42 Å². The summed E-state index contributed by atoms with van der Waals surface area (Å²) in [5, 5.41) is 0. The molecule has 1 aliphatic rings. The summed E-state index contributed by atoms with van der Waals surface area (Å²) >= 11 is 5.28. The first-order chi connectivity index (χ1) is 5.08. The number of hydrogen-bond acceptors (Lipinski definition) is 2. The highest BCUT2D eigenvalue weighted by atomic mass is 32.4. The molecule has 0 aromatic carbocycles. The fourth-order valence-electron chi connectivity index (χ4n) is 0.743. The predicted molar refractivity (Wildman–Crippen MR) is 50.8 cm³/mol. The Bertz CT molecular complexity index is 277. The molecule has 0 bridgehead atoms. The molecule has 0 fully saturated rings. The molecule has 0 saturated carbocycles. The number of terminal acetylenes is 1. The van der Waals surface area contributed by atoms with Gasteiger partial charge < -0.3 is 4.52 Å². The fraction of sp³-hybridized carbons (Fsp3) is 0.429. The van der Waals surface area contributed by atoms with Crippen LogP contribution in [0.4, 0.5) is 0 Å². The van der Waals surface area contributed by atoms with Crippen molar-refractivity contribution in [3.05, 3.63) is 11.4 Å². The van der Waals surface area contributed by atoms with Crippen molar-refractivity contribution < 1.29 is 4.52 Å². The van der Waals surface area contributed by atoms with Crippen molar-refractivity contribution in [1.29, 1.82) is 0 Å². The Kier molecular flexibility index (Phi) is 2.51. The van der Waals surface area contributed by atoms with Crippen LogP contribution >= 0.6 is 6.42 Å². The summed E-state index contributed by atoms with van der Waals surface area (Å²) in [7, 11) is 3.83. The van der Waals surface area contributed by atoms with Crippen LogP contribution in [0.25, 0.3) is 0 Å². The smallest absolute Gasteiger partial charge is 0.155 e. The van der Waals surface area contributed by atoms with Crippen LogP contribution in [-0.4, -0.2) is 25.4 Å². The third-order valence-electron chi connectivity index (χ3n) is 1.47. The molecular formula is C7H10NOPS. The minimum atomic E-state index is -1.85. The Morgan fingerprint density at radius 2 is 2.45 bits per heavy atom. The van der Waals surface area contributed by atoms with E-state index in [1.54, 1.807) is 0 Å². The van der Waals surface area contributed by atoms with Gasteiger partial charge in [0.15, 0.2) is 6.42 Å². The van der Waals surface area contributed by atoms with Crippen LogP contribution in [0.2, 0.25) is 0 Å². The van der Waals surface area contributed by atoms with Gasteiger partial charge in [-0.05, 0) is 25.9 Å². The van der Waals surface area contributed by atoms with E-state index in [1.165, 1.54) is 0 Å². The van der Waals surface area contributed by atoms with Crippen molar-refractivity contribution in [1.82, 2.24) is 4.67 Å². The predicted octanol–water partition coefficient (Wildman–Crippen LogP) is 1.40. The number of nitrogens with zero attached hydrogens (tertiary/aromatic N) is 1. The minimum Gasteiger partial charge on any atom is -0.329 e. The van der Waals surface area contributed by atoms with Gasteiger partial charge in [0.25, 0.3) is 0 Å². The van der Waals surface area contributed by atoms with Crippen LogP contribution in [0.5, 0.6) is 0 Å². The van der Waals surface area contributed by atoms with Crippen molar-refractivity contribution in [3.63, 3.8) is 0 Å². The van der Waals surface area contributed by atoms with E-state index in [9.17, 15) is 0 Å². The Hall–Kier alpha value is -0.130. The molecule has 0 aromatic heterocycles. The van der Waals surface area contributed by atoms with E-state index in [0.29, 0.717) is 6.61 Å². The van der Waals surface area contributed by atoms with Crippen LogP contribution in [-0.2, 0) is 16.3 Å². The lowest BCUT2D eigenvalue weighted by atomic mass is 10.3. The maximum atomic E-state index is 5.42. The van der Waals surface area contributed by atoms with Gasteiger partial charge in [0, 0.05) is 11.4 Å². The van der Waals surface area contributed by atoms with E-state index in [0.717, 1.165) is 5.57 Å². The summed E-state index contributed by atoms with van der Waals surface area (Å²) in [6.45, 7) is 0.506. The van der Waals surface area contributed by atoms with Gasteiger partial charge in [-0.1, -0.05) is 5.92 Å². The molecular weight excluding hydrogens is 177 g/mol. The van der Waals surface area contributed by atoms with Crippen LogP contribution in [0, 0.1) is 12.3 Å². The highest BCUT2D eigenvalue weighted by Crippen LogP contribution is 2.55. The summed E-state index contributed by atoms with van der Waals surface area (Å²) in [5.41, 5.74) is 0.877. The minimum absolute atomic E-state index is 0.506. The van der Waals surface area contributed by atoms with E-state index in [4.69, 9.17) is 22.8 Å².